The highest BCUT2D eigenvalue weighted by molar-refractivity contribution is 6.27. The number of carbonyl (C=O) groups is 2. The van der Waals surface area contributed by atoms with Gasteiger partial charge in [0.1, 0.15) is 6.61 Å². The van der Waals surface area contributed by atoms with E-state index < -0.39 is 11.9 Å². The van der Waals surface area contributed by atoms with E-state index in [0.717, 1.165) is 69.4 Å². The fourth-order valence-electron chi connectivity index (χ4n) is 4.86. The molecule has 0 spiro atoms. The molecule has 0 aliphatic carbocycles. The normalized spacial score (nSPS) is 17.3. The van der Waals surface area contributed by atoms with Gasteiger partial charge in [-0.1, -0.05) is 36.4 Å². The number of aliphatic hydroxyl groups excluding tert-OH is 1. The van der Waals surface area contributed by atoms with Gasteiger partial charge in [0.2, 0.25) is 0 Å². The number of carboxylic acid groups (broad SMARTS) is 2. The van der Waals surface area contributed by atoms with Crippen LogP contribution in [0.25, 0.3) is 0 Å². The first-order valence-electron chi connectivity index (χ1n) is 13.0. The van der Waals surface area contributed by atoms with Crippen molar-refractivity contribution in [3.8, 4) is 11.5 Å². The van der Waals surface area contributed by atoms with E-state index >= 15 is 0 Å². The van der Waals surface area contributed by atoms with Crippen molar-refractivity contribution in [2.24, 2.45) is 0 Å². The Balaban J connectivity index is 0.000000599. The van der Waals surface area contributed by atoms with Crippen molar-refractivity contribution in [3.05, 3.63) is 59.7 Å². The zero-order chi connectivity index (χ0) is 27.3. The van der Waals surface area contributed by atoms with Crippen LogP contribution in [-0.4, -0.2) is 108 Å². The first-order chi connectivity index (χ1) is 18.4. The molecule has 0 unspecified atom stereocenters. The van der Waals surface area contributed by atoms with E-state index in [2.05, 4.69) is 39.0 Å². The molecule has 2 saturated heterocycles. The van der Waals surface area contributed by atoms with E-state index in [1.165, 1.54) is 18.4 Å². The highest BCUT2D eigenvalue weighted by atomic mass is 16.5. The molecule has 0 amide bonds. The molecule has 2 aliphatic heterocycles. The summed E-state index contributed by atoms with van der Waals surface area (Å²) in [6.07, 6.45) is 2.46. The molecule has 0 bridgehead atoms. The minimum Gasteiger partial charge on any atom is -0.493 e. The zero-order valence-corrected chi connectivity index (χ0v) is 22.0. The van der Waals surface area contributed by atoms with Crippen molar-refractivity contribution in [1.82, 2.24) is 14.7 Å². The van der Waals surface area contributed by atoms with Gasteiger partial charge in [0.15, 0.2) is 11.5 Å². The molecule has 0 radical (unpaired) electrons. The number of likely N-dealkylation sites (tertiary alicyclic amines) is 1. The maximum atomic E-state index is 9.14. The molecule has 0 saturated carbocycles. The molecule has 38 heavy (non-hydrogen) atoms. The van der Waals surface area contributed by atoms with Crippen molar-refractivity contribution in [3.63, 3.8) is 0 Å². The summed E-state index contributed by atoms with van der Waals surface area (Å²) in [5.74, 6) is -2.06. The second-order valence-electron chi connectivity index (χ2n) is 9.48. The average Bonchev–Trinajstić information content (AvgIpc) is 2.94. The van der Waals surface area contributed by atoms with Crippen molar-refractivity contribution >= 4 is 11.9 Å². The summed E-state index contributed by atoms with van der Waals surface area (Å²) in [5.41, 5.74) is 2.42. The molecule has 2 aromatic rings. The number of piperazine rings is 1. The summed E-state index contributed by atoms with van der Waals surface area (Å²) in [6, 6.07) is 17.2. The second kappa shape index (κ2) is 15.3. The lowest BCUT2D eigenvalue weighted by Gasteiger charge is -2.42. The second-order valence-corrected chi connectivity index (χ2v) is 9.48. The summed E-state index contributed by atoms with van der Waals surface area (Å²) >= 11 is 0. The third kappa shape index (κ3) is 9.29. The fourth-order valence-corrected chi connectivity index (χ4v) is 4.86. The van der Waals surface area contributed by atoms with Crippen LogP contribution >= 0.6 is 0 Å². The Morgan fingerprint density at radius 3 is 2.08 bits per heavy atom. The number of ether oxygens (including phenoxy) is 2. The number of aliphatic carboxylic acids is 2. The fraction of sp³-hybridized carbons (Fsp3) is 0.500. The van der Waals surface area contributed by atoms with Crippen LogP contribution in [0.1, 0.15) is 24.0 Å². The van der Waals surface area contributed by atoms with Crippen LogP contribution < -0.4 is 9.47 Å². The molecule has 2 heterocycles. The Bertz CT molecular complexity index is 993. The minimum absolute atomic E-state index is 0.267. The predicted molar refractivity (Wildman–Crippen MR) is 142 cm³/mol. The highest BCUT2D eigenvalue weighted by Crippen LogP contribution is 2.30. The summed E-state index contributed by atoms with van der Waals surface area (Å²) in [5, 5.41) is 23.9. The molecular weight excluding hydrogens is 490 g/mol. The molecule has 0 aromatic heterocycles. The van der Waals surface area contributed by atoms with Crippen LogP contribution in [0.3, 0.4) is 0 Å². The molecule has 0 atom stereocenters. The van der Waals surface area contributed by atoms with E-state index in [0.29, 0.717) is 12.6 Å². The Morgan fingerprint density at radius 2 is 1.50 bits per heavy atom. The van der Waals surface area contributed by atoms with Gasteiger partial charge in [-0.15, -0.1) is 0 Å². The van der Waals surface area contributed by atoms with Gasteiger partial charge >= 0.3 is 11.9 Å². The number of methoxy groups -OCH3 is 1. The number of nitrogens with zero attached hydrogens (tertiary/aromatic N) is 3. The van der Waals surface area contributed by atoms with Crippen molar-refractivity contribution in [2.45, 2.75) is 32.0 Å². The number of aliphatic hydroxyl groups is 1. The number of β-amino-alcohol motifs (C(OH)–C–C–N with tert-alkyl or cyclic N) is 1. The molecule has 2 aliphatic rings. The van der Waals surface area contributed by atoms with E-state index in [9.17, 15) is 0 Å². The van der Waals surface area contributed by atoms with Gasteiger partial charge in [-0.2, -0.15) is 0 Å². The lowest BCUT2D eigenvalue weighted by molar-refractivity contribution is -0.159. The Hall–Kier alpha value is -3.18. The van der Waals surface area contributed by atoms with Crippen molar-refractivity contribution in [1.29, 1.82) is 0 Å². The maximum absolute atomic E-state index is 9.14. The molecule has 4 rings (SSSR count). The Morgan fingerprint density at radius 1 is 0.842 bits per heavy atom. The summed E-state index contributed by atoms with van der Waals surface area (Å²) in [6.45, 7) is 9.25. The topological polar surface area (TPSA) is 123 Å². The molecule has 208 valence electrons. The van der Waals surface area contributed by atoms with Crippen LogP contribution in [0.4, 0.5) is 0 Å². The first-order valence-corrected chi connectivity index (χ1v) is 13.0. The quantitative estimate of drug-likeness (QED) is 0.416. The SMILES string of the molecule is COc1ccc(CN2CCC(N3CCN(CCO)CC3)CC2)cc1OCc1ccccc1.O=C(O)C(=O)O. The first kappa shape index (κ1) is 29.4. The van der Waals surface area contributed by atoms with Gasteiger partial charge in [-0.3, -0.25) is 14.7 Å². The van der Waals surface area contributed by atoms with Crippen LogP contribution in [0.15, 0.2) is 48.5 Å². The van der Waals surface area contributed by atoms with E-state index in [1.807, 2.05) is 24.3 Å². The van der Waals surface area contributed by atoms with Crippen LogP contribution in [0.5, 0.6) is 11.5 Å². The number of hydrogen-bond donors (Lipinski definition) is 3. The monoisotopic (exact) mass is 529 g/mol. The number of rotatable bonds is 9. The smallest absolute Gasteiger partial charge is 0.414 e. The molecular formula is C28H39N3O7. The number of hydrogen-bond acceptors (Lipinski definition) is 8. The van der Waals surface area contributed by atoms with Gasteiger partial charge < -0.3 is 24.8 Å². The van der Waals surface area contributed by atoms with Gasteiger partial charge in [0.25, 0.3) is 0 Å². The molecule has 3 N–H and O–H groups in total. The van der Waals surface area contributed by atoms with E-state index in [-0.39, 0.29) is 6.61 Å². The van der Waals surface area contributed by atoms with Crippen LogP contribution in [0.2, 0.25) is 0 Å². The average molecular weight is 530 g/mol. The lowest BCUT2D eigenvalue weighted by Crippen LogP contribution is -2.53. The third-order valence-corrected chi connectivity index (χ3v) is 6.95. The lowest BCUT2D eigenvalue weighted by atomic mass is 10.0. The molecule has 10 heteroatoms. The van der Waals surface area contributed by atoms with E-state index in [4.69, 9.17) is 34.4 Å². The molecule has 2 fully saturated rings. The summed E-state index contributed by atoms with van der Waals surface area (Å²) in [7, 11) is 1.69. The van der Waals surface area contributed by atoms with Gasteiger partial charge in [0.05, 0.1) is 13.7 Å². The van der Waals surface area contributed by atoms with Gasteiger partial charge in [-0.05, 0) is 49.2 Å². The maximum Gasteiger partial charge on any atom is 0.414 e. The molecule has 2 aromatic carbocycles. The largest absolute Gasteiger partial charge is 0.493 e. The summed E-state index contributed by atoms with van der Waals surface area (Å²) < 4.78 is 11.6. The van der Waals surface area contributed by atoms with Crippen LogP contribution in [0, 0.1) is 0 Å². The Kier molecular flexibility index (Phi) is 11.8. The van der Waals surface area contributed by atoms with Crippen molar-refractivity contribution < 1.29 is 34.4 Å². The number of carboxylic acids is 2. The molecule has 10 nitrogen and oxygen atoms in total. The minimum atomic E-state index is -1.82. The zero-order valence-electron chi connectivity index (χ0n) is 22.0. The summed E-state index contributed by atoms with van der Waals surface area (Å²) in [4.78, 5) is 25.8. The third-order valence-electron chi connectivity index (χ3n) is 6.95. The highest BCUT2D eigenvalue weighted by Gasteiger charge is 2.27. The van der Waals surface area contributed by atoms with E-state index in [1.54, 1.807) is 7.11 Å². The standard InChI is InChI=1S/C26H37N3O3.C2H2O4/c1-31-25-8-7-23(19-26(25)32-21-22-5-3-2-4-6-22)20-28-11-9-24(10-12-28)29-15-13-27(14-16-29)17-18-30;3-1(4)2(5)6/h2-8,19,24,30H,9-18,20-21H2,1H3;(H,3,4)(H,5,6). The van der Waals surface area contributed by atoms with Gasteiger partial charge in [-0.25, -0.2) is 9.59 Å². The Labute approximate surface area is 224 Å². The van der Waals surface area contributed by atoms with Crippen molar-refractivity contribution in [2.75, 3.05) is 59.5 Å². The van der Waals surface area contributed by atoms with Gasteiger partial charge in [0, 0.05) is 45.3 Å². The number of piperidine rings is 1. The number of benzene rings is 2. The van der Waals surface area contributed by atoms with Crippen LogP contribution in [-0.2, 0) is 22.7 Å². The predicted octanol–water partition coefficient (Wildman–Crippen LogP) is 2.00.